The van der Waals surface area contributed by atoms with E-state index in [-0.39, 0.29) is 42.5 Å². The Morgan fingerprint density at radius 2 is 1.86 bits per heavy atom. The van der Waals surface area contributed by atoms with Gasteiger partial charge in [-0.1, -0.05) is 12.1 Å². The van der Waals surface area contributed by atoms with Crippen LogP contribution >= 0.6 is 15.9 Å². The van der Waals surface area contributed by atoms with Crippen molar-refractivity contribution >= 4 is 31.9 Å². The quantitative estimate of drug-likeness (QED) is 0.441. The first-order chi connectivity index (χ1) is 13.9. The molecule has 0 atom stereocenters. The number of ether oxygens (including phenoxy) is 3. The maximum absolute atomic E-state index is 13.5. The monoisotopic (exact) mass is 487 g/mol. The largest absolute Gasteiger partial charge is 0.487 e. The van der Waals surface area contributed by atoms with Gasteiger partial charge >= 0.3 is 5.97 Å². The van der Waals surface area contributed by atoms with Gasteiger partial charge in [0, 0.05) is 17.6 Å². The number of carbonyl (C=O) groups excluding carboxylic acids is 1. The van der Waals surface area contributed by atoms with Crippen molar-refractivity contribution in [2.45, 2.75) is 4.90 Å². The van der Waals surface area contributed by atoms with Crippen LogP contribution in [0.15, 0.2) is 51.8 Å². The summed E-state index contributed by atoms with van der Waals surface area (Å²) < 4.78 is 56.4. The summed E-state index contributed by atoms with van der Waals surface area (Å²) in [5.74, 6) is -1.15. The van der Waals surface area contributed by atoms with Crippen molar-refractivity contribution in [3.8, 4) is 5.75 Å². The molecule has 2 aromatic carbocycles. The number of morpholine rings is 1. The molecule has 0 radical (unpaired) electrons. The Morgan fingerprint density at radius 3 is 2.59 bits per heavy atom. The van der Waals surface area contributed by atoms with Gasteiger partial charge in [-0.25, -0.2) is 17.6 Å². The topological polar surface area (TPSA) is 82.1 Å². The van der Waals surface area contributed by atoms with Crippen LogP contribution in [0.2, 0.25) is 0 Å². The van der Waals surface area contributed by atoms with E-state index in [1.807, 2.05) is 0 Å². The molecule has 0 amide bonds. The lowest BCUT2D eigenvalue weighted by Gasteiger charge is -2.26. The molecule has 1 heterocycles. The van der Waals surface area contributed by atoms with Crippen LogP contribution in [-0.2, 0) is 19.5 Å². The maximum Gasteiger partial charge on any atom is 0.338 e. The van der Waals surface area contributed by atoms with Crippen LogP contribution in [0.25, 0.3) is 0 Å². The molecule has 1 aliphatic rings. The molecule has 3 rings (SSSR count). The lowest BCUT2D eigenvalue weighted by atomic mass is 10.2. The first-order valence-corrected chi connectivity index (χ1v) is 11.0. The number of esters is 1. The molecule has 0 aromatic heterocycles. The van der Waals surface area contributed by atoms with E-state index in [0.717, 1.165) is 0 Å². The number of benzene rings is 2. The van der Waals surface area contributed by atoms with Crippen molar-refractivity contribution in [1.82, 2.24) is 4.31 Å². The summed E-state index contributed by atoms with van der Waals surface area (Å²) in [5, 5.41) is 0. The van der Waals surface area contributed by atoms with Gasteiger partial charge in [0.2, 0.25) is 10.0 Å². The lowest BCUT2D eigenvalue weighted by molar-refractivity contribution is 0.0448. The Bertz CT molecular complexity index is 978. The number of hydrogen-bond donors (Lipinski definition) is 0. The molecule has 0 aliphatic carbocycles. The van der Waals surface area contributed by atoms with Crippen LogP contribution in [0.1, 0.15) is 10.4 Å². The maximum atomic E-state index is 13.5. The summed E-state index contributed by atoms with van der Waals surface area (Å²) >= 11 is 3.23. The summed E-state index contributed by atoms with van der Waals surface area (Å²) in [7, 11) is -3.78. The number of nitrogens with zero attached hydrogens (tertiary/aromatic N) is 1. The Labute approximate surface area is 176 Å². The van der Waals surface area contributed by atoms with Crippen molar-refractivity contribution in [2.24, 2.45) is 0 Å². The molecule has 1 saturated heterocycles. The highest BCUT2D eigenvalue weighted by molar-refractivity contribution is 9.10. The van der Waals surface area contributed by atoms with Gasteiger partial charge in [-0.05, 0) is 46.3 Å². The second-order valence-electron chi connectivity index (χ2n) is 6.08. The van der Waals surface area contributed by atoms with Crippen LogP contribution in [0.3, 0.4) is 0 Å². The first-order valence-electron chi connectivity index (χ1n) is 8.81. The second-order valence-corrected chi connectivity index (χ2v) is 8.84. The summed E-state index contributed by atoms with van der Waals surface area (Å²) in [4.78, 5) is 12.3. The van der Waals surface area contributed by atoms with Gasteiger partial charge < -0.3 is 14.2 Å². The van der Waals surface area contributed by atoms with E-state index < -0.39 is 21.8 Å². The first kappa shape index (κ1) is 21.7. The minimum absolute atomic E-state index is 0.0172. The average Bonchev–Trinajstić information content (AvgIpc) is 2.73. The van der Waals surface area contributed by atoms with Gasteiger partial charge in [0.05, 0.1) is 23.7 Å². The number of carbonyl (C=O) groups is 1. The second kappa shape index (κ2) is 9.66. The molecule has 156 valence electrons. The Hall–Kier alpha value is -2.01. The number of sulfonamides is 1. The van der Waals surface area contributed by atoms with Crippen LogP contribution in [0.5, 0.6) is 5.75 Å². The molecule has 0 N–H and O–H groups in total. The molecule has 0 bridgehead atoms. The molecule has 10 heteroatoms. The van der Waals surface area contributed by atoms with Crippen molar-refractivity contribution in [3.63, 3.8) is 0 Å². The highest BCUT2D eigenvalue weighted by Crippen LogP contribution is 2.27. The van der Waals surface area contributed by atoms with Gasteiger partial charge in [-0.2, -0.15) is 4.31 Å². The molecule has 7 nitrogen and oxygen atoms in total. The number of rotatable bonds is 7. The Kier molecular flexibility index (Phi) is 7.23. The van der Waals surface area contributed by atoms with Crippen LogP contribution in [0, 0.1) is 5.82 Å². The standard InChI is InChI=1S/C19H19BrFNO6S/c20-15-6-5-14(13-18(15)29(24,25)22-7-9-26-10-8-22)19(23)28-12-11-27-17-4-2-1-3-16(17)21/h1-6,13H,7-12H2. The third-order valence-electron chi connectivity index (χ3n) is 4.17. The van der Waals surface area contributed by atoms with Crippen LogP contribution in [0.4, 0.5) is 4.39 Å². The van der Waals surface area contributed by atoms with Crippen molar-refractivity contribution < 1.29 is 31.8 Å². The smallest absolute Gasteiger partial charge is 0.338 e. The van der Waals surface area contributed by atoms with E-state index in [4.69, 9.17) is 14.2 Å². The van der Waals surface area contributed by atoms with E-state index in [2.05, 4.69) is 15.9 Å². The fraction of sp³-hybridized carbons (Fsp3) is 0.316. The van der Waals surface area contributed by atoms with E-state index in [0.29, 0.717) is 17.7 Å². The zero-order valence-corrected chi connectivity index (χ0v) is 17.7. The summed E-state index contributed by atoms with van der Waals surface area (Å²) in [6, 6.07) is 10.1. The lowest BCUT2D eigenvalue weighted by Crippen LogP contribution is -2.40. The van der Waals surface area contributed by atoms with Gasteiger partial charge in [0.1, 0.15) is 13.2 Å². The predicted octanol–water partition coefficient (Wildman–Crippen LogP) is 2.84. The summed E-state index contributed by atoms with van der Waals surface area (Å²) in [6.07, 6.45) is 0. The van der Waals surface area contributed by atoms with Crippen LogP contribution in [-0.4, -0.2) is 58.2 Å². The number of para-hydroxylation sites is 1. The molecule has 1 fully saturated rings. The fourth-order valence-electron chi connectivity index (χ4n) is 2.69. The van der Waals surface area contributed by atoms with Crippen LogP contribution < -0.4 is 4.74 Å². The van der Waals surface area contributed by atoms with Crippen molar-refractivity contribution in [3.05, 3.63) is 58.3 Å². The molecule has 0 spiro atoms. The van der Waals surface area contributed by atoms with Crippen molar-refractivity contribution in [1.29, 1.82) is 0 Å². The summed E-state index contributed by atoms with van der Waals surface area (Å²) in [6.45, 7) is 0.978. The highest BCUT2D eigenvalue weighted by Gasteiger charge is 2.29. The van der Waals surface area contributed by atoms with Crippen molar-refractivity contribution in [2.75, 3.05) is 39.5 Å². The van der Waals surface area contributed by atoms with E-state index in [1.165, 1.54) is 40.7 Å². The highest BCUT2D eigenvalue weighted by atomic mass is 79.9. The Balaban J connectivity index is 1.64. The third-order valence-corrected chi connectivity index (χ3v) is 7.06. The van der Waals surface area contributed by atoms with Gasteiger partial charge in [0.15, 0.2) is 11.6 Å². The predicted molar refractivity (Wildman–Crippen MR) is 106 cm³/mol. The zero-order chi connectivity index (χ0) is 20.9. The zero-order valence-electron chi connectivity index (χ0n) is 15.3. The fourth-order valence-corrected chi connectivity index (χ4v) is 5.04. The molecule has 1 aliphatic heterocycles. The normalized spacial score (nSPS) is 15.1. The van der Waals surface area contributed by atoms with Gasteiger partial charge in [-0.3, -0.25) is 0 Å². The molecular weight excluding hydrogens is 469 g/mol. The Morgan fingerprint density at radius 1 is 1.14 bits per heavy atom. The molecule has 2 aromatic rings. The minimum atomic E-state index is -3.78. The van der Waals surface area contributed by atoms with E-state index in [9.17, 15) is 17.6 Å². The average molecular weight is 488 g/mol. The molecule has 0 unspecified atom stereocenters. The SMILES string of the molecule is O=C(OCCOc1ccccc1F)c1ccc(Br)c(S(=O)(=O)N2CCOCC2)c1. The number of hydrogen-bond acceptors (Lipinski definition) is 6. The van der Waals surface area contributed by atoms with Gasteiger partial charge in [0.25, 0.3) is 0 Å². The van der Waals surface area contributed by atoms with E-state index in [1.54, 1.807) is 6.07 Å². The third kappa shape index (κ3) is 5.33. The number of halogens is 2. The van der Waals surface area contributed by atoms with Gasteiger partial charge in [-0.15, -0.1) is 0 Å². The molecule has 0 saturated carbocycles. The molecule has 29 heavy (non-hydrogen) atoms. The molecular formula is C19H19BrFNO6S. The minimum Gasteiger partial charge on any atom is -0.487 e. The van der Waals surface area contributed by atoms with E-state index >= 15 is 0 Å². The summed E-state index contributed by atoms with van der Waals surface area (Å²) in [5.41, 5.74) is 0.0888.